The zero-order valence-electron chi connectivity index (χ0n) is 17.4. The summed E-state index contributed by atoms with van der Waals surface area (Å²) in [6.07, 6.45) is -0.245. The van der Waals surface area contributed by atoms with Crippen LogP contribution >= 0.6 is 0 Å². The van der Waals surface area contributed by atoms with Crippen LogP contribution in [0, 0.1) is 0 Å². The van der Waals surface area contributed by atoms with Crippen LogP contribution in [0.3, 0.4) is 0 Å². The second-order valence-electron chi connectivity index (χ2n) is 6.26. The van der Waals surface area contributed by atoms with E-state index in [1.807, 2.05) is 39.0 Å². The number of nitrogens with zero attached hydrogens (tertiary/aromatic N) is 3. The highest BCUT2D eigenvalue weighted by molar-refractivity contribution is 5.80. The molecule has 0 aliphatic carbocycles. The van der Waals surface area contributed by atoms with Crippen LogP contribution in [-0.4, -0.2) is 74.9 Å². The van der Waals surface area contributed by atoms with Gasteiger partial charge in [-0.3, -0.25) is 0 Å². The number of rotatable bonds is 7. The summed E-state index contributed by atoms with van der Waals surface area (Å²) in [5.74, 6) is 2.29. The third-order valence-corrected chi connectivity index (χ3v) is 4.38. The molecule has 2 rings (SSSR count). The summed E-state index contributed by atoms with van der Waals surface area (Å²) >= 11 is 0. The molecule has 1 aliphatic heterocycles. The maximum absolute atomic E-state index is 11.9. The molecular weight excluding hydrogens is 360 g/mol. The van der Waals surface area contributed by atoms with E-state index in [2.05, 4.69) is 10.2 Å². The van der Waals surface area contributed by atoms with Gasteiger partial charge in [-0.05, 0) is 38.5 Å². The number of guanidine groups is 1. The molecule has 1 amide bonds. The Bertz CT molecular complexity index is 658. The highest BCUT2D eigenvalue weighted by Gasteiger charge is 2.23. The predicted molar refractivity (Wildman–Crippen MR) is 109 cm³/mol. The molecule has 0 saturated carbocycles. The molecule has 0 atom stereocenters. The van der Waals surface area contributed by atoms with Gasteiger partial charge >= 0.3 is 6.09 Å². The number of carbonyl (C=O) groups is 1. The van der Waals surface area contributed by atoms with Crippen molar-refractivity contribution in [2.45, 2.75) is 27.3 Å². The SMILES string of the molecule is CCNC(=NCc1ccc(OC)c(OCC)c1)N1CCN(C(=O)OCC)CC1. The molecule has 0 spiro atoms. The molecule has 0 aromatic heterocycles. The Morgan fingerprint density at radius 3 is 2.39 bits per heavy atom. The third-order valence-electron chi connectivity index (χ3n) is 4.38. The van der Waals surface area contributed by atoms with Crippen molar-refractivity contribution in [2.24, 2.45) is 4.99 Å². The van der Waals surface area contributed by atoms with Crippen LogP contribution in [0.5, 0.6) is 11.5 Å². The lowest BCUT2D eigenvalue weighted by Crippen LogP contribution is -2.53. The predicted octanol–water partition coefficient (Wildman–Crippen LogP) is 2.33. The summed E-state index contributed by atoms with van der Waals surface area (Å²) < 4.78 is 16.1. The van der Waals surface area contributed by atoms with Gasteiger partial charge in [-0.15, -0.1) is 0 Å². The number of amides is 1. The molecule has 1 N–H and O–H groups in total. The highest BCUT2D eigenvalue weighted by atomic mass is 16.6. The van der Waals surface area contributed by atoms with E-state index in [0.29, 0.717) is 32.8 Å². The van der Waals surface area contributed by atoms with Gasteiger partial charge in [-0.2, -0.15) is 0 Å². The number of hydrogen-bond acceptors (Lipinski definition) is 5. The van der Waals surface area contributed by atoms with Crippen molar-refractivity contribution < 1.29 is 19.0 Å². The number of carbonyl (C=O) groups excluding carboxylic acids is 1. The molecule has 1 fully saturated rings. The average molecular weight is 393 g/mol. The van der Waals surface area contributed by atoms with E-state index in [1.54, 1.807) is 12.0 Å². The number of benzene rings is 1. The highest BCUT2D eigenvalue weighted by Crippen LogP contribution is 2.28. The van der Waals surface area contributed by atoms with Crippen molar-refractivity contribution in [1.82, 2.24) is 15.1 Å². The quantitative estimate of drug-likeness (QED) is 0.567. The van der Waals surface area contributed by atoms with Gasteiger partial charge in [0.25, 0.3) is 0 Å². The third kappa shape index (κ3) is 5.94. The molecule has 156 valence electrons. The Morgan fingerprint density at radius 1 is 1.07 bits per heavy atom. The van der Waals surface area contributed by atoms with Crippen LogP contribution in [-0.2, 0) is 11.3 Å². The van der Waals surface area contributed by atoms with E-state index in [1.165, 1.54) is 0 Å². The summed E-state index contributed by atoms with van der Waals surface area (Å²) in [6.45, 7) is 10.8. The number of methoxy groups -OCH3 is 1. The molecule has 8 heteroatoms. The monoisotopic (exact) mass is 392 g/mol. The van der Waals surface area contributed by atoms with Crippen molar-refractivity contribution in [1.29, 1.82) is 0 Å². The average Bonchev–Trinajstić information content (AvgIpc) is 2.72. The van der Waals surface area contributed by atoms with E-state index >= 15 is 0 Å². The van der Waals surface area contributed by atoms with Crippen LogP contribution in [0.4, 0.5) is 4.79 Å². The van der Waals surface area contributed by atoms with E-state index < -0.39 is 0 Å². The molecule has 1 heterocycles. The van der Waals surface area contributed by atoms with E-state index in [9.17, 15) is 4.79 Å². The minimum Gasteiger partial charge on any atom is -0.493 e. The molecular formula is C20H32N4O4. The molecule has 28 heavy (non-hydrogen) atoms. The first-order valence-electron chi connectivity index (χ1n) is 9.87. The summed E-state index contributed by atoms with van der Waals surface area (Å²) in [5, 5.41) is 3.34. The first-order valence-corrected chi connectivity index (χ1v) is 9.87. The number of nitrogens with one attached hydrogen (secondary N) is 1. The van der Waals surface area contributed by atoms with E-state index in [-0.39, 0.29) is 6.09 Å². The van der Waals surface area contributed by atoms with Crippen LogP contribution in [0.1, 0.15) is 26.3 Å². The zero-order chi connectivity index (χ0) is 20.4. The Hall–Kier alpha value is -2.64. The van der Waals surface area contributed by atoms with Gasteiger partial charge in [-0.25, -0.2) is 9.79 Å². The van der Waals surface area contributed by atoms with Gasteiger partial charge in [0.05, 0.1) is 26.9 Å². The smallest absolute Gasteiger partial charge is 0.409 e. The normalized spacial score (nSPS) is 14.6. The molecule has 0 unspecified atom stereocenters. The first kappa shape index (κ1) is 21.7. The summed E-state index contributed by atoms with van der Waals surface area (Å²) in [6, 6.07) is 5.86. The molecule has 1 aromatic carbocycles. The van der Waals surface area contributed by atoms with Crippen molar-refractivity contribution in [3.05, 3.63) is 23.8 Å². The Balaban J connectivity index is 2.03. The van der Waals surface area contributed by atoms with Gasteiger partial charge in [0.2, 0.25) is 0 Å². The zero-order valence-corrected chi connectivity index (χ0v) is 17.4. The Labute approximate surface area is 167 Å². The maximum atomic E-state index is 11.9. The van der Waals surface area contributed by atoms with Gasteiger partial charge in [0.15, 0.2) is 17.5 Å². The van der Waals surface area contributed by atoms with Crippen molar-refractivity contribution >= 4 is 12.1 Å². The molecule has 1 aromatic rings. The molecule has 1 aliphatic rings. The van der Waals surface area contributed by atoms with Crippen molar-refractivity contribution in [3.63, 3.8) is 0 Å². The van der Waals surface area contributed by atoms with Crippen LogP contribution in [0.25, 0.3) is 0 Å². The minimum atomic E-state index is -0.245. The fourth-order valence-corrected chi connectivity index (χ4v) is 3.00. The number of ether oxygens (including phenoxy) is 3. The Kier molecular flexibility index (Phi) is 8.71. The summed E-state index contributed by atoms with van der Waals surface area (Å²) in [5.41, 5.74) is 1.05. The van der Waals surface area contributed by atoms with Crippen molar-refractivity contribution in [2.75, 3.05) is 53.0 Å². The second-order valence-corrected chi connectivity index (χ2v) is 6.26. The fourth-order valence-electron chi connectivity index (χ4n) is 3.00. The molecule has 0 bridgehead atoms. The van der Waals surface area contributed by atoms with Gasteiger partial charge in [-0.1, -0.05) is 6.07 Å². The fraction of sp³-hybridized carbons (Fsp3) is 0.600. The molecule has 8 nitrogen and oxygen atoms in total. The second kappa shape index (κ2) is 11.3. The summed E-state index contributed by atoms with van der Waals surface area (Å²) in [4.78, 5) is 20.5. The van der Waals surface area contributed by atoms with Crippen LogP contribution in [0.2, 0.25) is 0 Å². The lowest BCUT2D eigenvalue weighted by Gasteiger charge is -2.35. The summed E-state index contributed by atoms with van der Waals surface area (Å²) in [7, 11) is 1.63. The standard InChI is InChI=1S/C20H32N4O4/c1-5-21-19(23-10-12-24(13-11-23)20(25)28-7-3)22-15-16-8-9-17(26-4)18(14-16)27-6-2/h8-9,14H,5-7,10-13,15H2,1-4H3,(H,21,22). The van der Waals surface area contributed by atoms with E-state index in [0.717, 1.165) is 42.7 Å². The van der Waals surface area contributed by atoms with Crippen molar-refractivity contribution in [3.8, 4) is 11.5 Å². The lowest BCUT2D eigenvalue weighted by molar-refractivity contribution is 0.0914. The van der Waals surface area contributed by atoms with Crippen LogP contribution in [0.15, 0.2) is 23.2 Å². The maximum Gasteiger partial charge on any atom is 0.409 e. The van der Waals surface area contributed by atoms with Gasteiger partial charge in [0, 0.05) is 32.7 Å². The minimum absolute atomic E-state index is 0.245. The topological polar surface area (TPSA) is 75.6 Å². The molecule has 0 radical (unpaired) electrons. The number of aliphatic imine (C=N–C) groups is 1. The van der Waals surface area contributed by atoms with Crippen LogP contribution < -0.4 is 14.8 Å². The first-order chi connectivity index (χ1) is 13.6. The van der Waals surface area contributed by atoms with Gasteiger partial charge in [0.1, 0.15) is 0 Å². The number of hydrogen-bond donors (Lipinski definition) is 1. The number of piperazine rings is 1. The molecule has 1 saturated heterocycles. The Morgan fingerprint density at radius 2 is 1.79 bits per heavy atom. The van der Waals surface area contributed by atoms with E-state index in [4.69, 9.17) is 19.2 Å². The largest absolute Gasteiger partial charge is 0.493 e. The lowest BCUT2D eigenvalue weighted by atomic mass is 10.2. The van der Waals surface area contributed by atoms with Gasteiger partial charge < -0.3 is 29.3 Å².